The van der Waals surface area contributed by atoms with Crippen molar-refractivity contribution in [2.24, 2.45) is 5.73 Å². The summed E-state index contributed by atoms with van der Waals surface area (Å²) in [4.78, 5) is 16.4. The van der Waals surface area contributed by atoms with Crippen LogP contribution in [0.1, 0.15) is 31.9 Å². The lowest BCUT2D eigenvalue weighted by Crippen LogP contribution is -2.16. The number of aryl methyl sites for hydroxylation is 1. The average molecular weight is 354 g/mol. The molecule has 3 rings (SSSR count). The third kappa shape index (κ3) is 3.46. The summed E-state index contributed by atoms with van der Waals surface area (Å²) in [7, 11) is 0. The second-order valence-corrected chi connectivity index (χ2v) is 6.65. The minimum Gasteiger partial charge on any atom is -0.330 e. The number of carbonyl (C=O) groups is 1. The fraction of sp³-hybridized carbons (Fsp3) is 0.300. The minimum absolute atomic E-state index is 0.103. The smallest absolute Gasteiger partial charge is 0.225 e. The fourth-order valence-electron chi connectivity index (χ4n) is 3.09. The molecule has 0 saturated carbocycles. The second-order valence-electron chi connectivity index (χ2n) is 6.65. The molecule has 0 bridgehead atoms. The van der Waals surface area contributed by atoms with Crippen molar-refractivity contribution in [3.05, 3.63) is 47.8 Å². The van der Waals surface area contributed by atoms with Crippen LogP contribution in [0.25, 0.3) is 22.4 Å². The van der Waals surface area contributed by atoms with Crippen LogP contribution in [0.3, 0.4) is 0 Å². The topological polar surface area (TPSA) is 72.9 Å². The van der Waals surface area contributed by atoms with Gasteiger partial charge < -0.3 is 15.6 Å². The van der Waals surface area contributed by atoms with Gasteiger partial charge in [0.25, 0.3) is 0 Å². The highest BCUT2D eigenvalue weighted by Crippen LogP contribution is 2.30. The number of anilines is 1. The number of hydrogen-bond acceptors (Lipinski definition) is 3. The SMILES string of the molecule is Cc1cc(-c2nc3cc(F)ccc3n2C(C)C)ccc1NC(=O)CCN. The Hall–Kier alpha value is -2.73. The molecular weight excluding hydrogens is 331 g/mol. The highest BCUT2D eigenvalue weighted by molar-refractivity contribution is 5.92. The molecule has 26 heavy (non-hydrogen) atoms. The quantitative estimate of drug-likeness (QED) is 0.727. The van der Waals surface area contributed by atoms with E-state index >= 15 is 0 Å². The number of halogens is 1. The predicted molar refractivity (Wildman–Crippen MR) is 103 cm³/mol. The average Bonchev–Trinajstić information content (AvgIpc) is 2.95. The number of aromatic nitrogens is 2. The first-order chi connectivity index (χ1) is 12.4. The number of amides is 1. The molecule has 1 amide bonds. The molecule has 2 aromatic carbocycles. The van der Waals surface area contributed by atoms with E-state index in [1.807, 2.05) is 25.1 Å². The van der Waals surface area contributed by atoms with Crippen molar-refractivity contribution in [2.75, 3.05) is 11.9 Å². The molecular formula is C20H23FN4O. The van der Waals surface area contributed by atoms with Gasteiger partial charge in [-0.05, 0) is 56.7 Å². The van der Waals surface area contributed by atoms with E-state index in [4.69, 9.17) is 5.73 Å². The molecule has 3 N–H and O–H groups in total. The van der Waals surface area contributed by atoms with Crippen molar-refractivity contribution >= 4 is 22.6 Å². The number of carbonyl (C=O) groups excluding carboxylic acids is 1. The van der Waals surface area contributed by atoms with Crippen LogP contribution in [-0.4, -0.2) is 22.0 Å². The summed E-state index contributed by atoms with van der Waals surface area (Å²) >= 11 is 0. The molecule has 0 aliphatic rings. The van der Waals surface area contributed by atoms with Crippen LogP contribution in [0.4, 0.5) is 10.1 Å². The molecule has 1 aromatic heterocycles. The highest BCUT2D eigenvalue weighted by atomic mass is 19.1. The summed E-state index contributed by atoms with van der Waals surface area (Å²) < 4.78 is 15.7. The highest BCUT2D eigenvalue weighted by Gasteiger charge is 2.16. The van der Waals surface area contributed by atoms with Gasteiger partial charge in [0, 0.05) is 36.3 Å². The lowest BCUT2D eigenvalue weighted by molar-refractivity contribution is -0.116. The molecule has 0 unspecified atom stereocenters. The molecule has 0 aliphatic heterocycles. The van der Waals surface area contributed by atoms with E-state index in [2.05, 4.69) is 28.7 Å². The largest absolute Gasteiger partial charge is 0.330 e. The van der Waals surface area contributed by atoms with Gasteiger partial charge in [-0.1, -0.05) is 0 Å². The van der Waals surface area contributed by atoms with Gasteiger partial charge in [-0.15, -0.1) is 0 Å². The van der Waals surface area contributed by atoms with Gasteiger partial charge in [-0.25, -0.2) is 9.37 Å². The van der Waals surface area contributed by atoms with E-state index in [0.29, 0.717) is 12.1 Å². The Morgan fingerprint density at radius 3 is 2.69 bits per heavy atom. The predicted octanol–water partition coefficient (Wildman–Crippen LogP) is 4.02. The first kappa shape index (κ1) is 18.1. The number of nitrogens with one attached hydrogen (secondary N) is 1. The van der Waals surface area contributed by atoms with E-state index in [-0.39, 0.29) is 24.2 Å². The van der Waals surface area contributed by atoms with E-state index in [1.54, 1.807) is 6.07 Å². The molecule has 0 atom stereocenters. The number of imidazole rings is 1. The summed E-state index contributed by atoms with van der Waals surface area (Å²) in [6, 6.07) is 10.6. The first-order valence-corrected chi connectivity index (χ1v) is 8.69. The standard InChI is InChI=1S/C20H23FN4O/c1-12(2)25-18-7-5-15(21)11-17(18)24-20(25)14-4-6-16(13(3)10-14)23-19(26)8-9-22/h4-7,10-12H,8-9,22H2,1-3H3,(H,23,26). The maximum Gasteiger partial charge on any atom is 0.225 e. The van der Waals surface area contributed by atoms with Crippen LogP contribution in [0.5, 0.6) is 0 Å². The van der Waals surface area contributed by atoms with Gasteiger partial charge in [0.05, 0.1) is 11.0 Å². The van der Waals surface area contributed by atoms with Crippen molar-refractivity contribution in [1.82, 2.24) is 9.55 Å². The Morgan fingerprint density at radius 1 is 1.27 bits per heavy atom. The summed E-state index contributed by atoms with van der Waals surface area (Å²) in [6.45, 7) is 6.39. The Bertz CT molecular complexity index is 962. The lowest BCUT2D eigenvalue weighted by Gasteiger charge is -2.15. The minimum atomic E-state index is -0.299. The van der Waals surface area contributed by atoms with Crippen molar-refractivity contribution in [3.63, 3.8) is 0 Å². The molecule has 1 heterocycles. The zero-order chi connectivity index (χ0) is 18.8. The third-order valence-corrected chi connectivity index (χ3v) is 4.30. The van der Waals surface area contributed by atoms with Crippen LogP contribution in [0, 0.1) is 12.7 Å². The lowest BCUT2D eigenvalue weighted by atomic mass is 10.1. The molecule has 0 saturated heterocycles. The molecule has 136 valence electrons. The number of nitrogens with two attached hydrogens (primary N) is 1. The summed E-state index contributed by atoms with van der Waals surface area (Å²) in [5.74, 6) is 0.378. The fourth-order valence-corrected chi connectivity index (χ4v) is 3.09. The van der Waals surface area contributed by atoms with Crippen molar-refractivity contribution in [3.8, 4) is 11.4 Å². The van der Waals surface area contributed by atoms with Gasteiger partial charge in [0.2, 0.25) is 5.91 Å². The molecule has 0 radical (unpaired) electrons. The number of fused-ring (bicyclic) bond motifs is 1. The molecule has 3 aromatic rings. The van der Waals surface area contributed by atoms with Gasteiger partial charge >= 0.3 is 0 Å². The van der Waals surface area contributed by atoms with Gasteiger partial charge in [0.15, 0.2) is 0 Å². The van der Waals surface area contributed by atoms with E-state index in [9.17, 15) is 9.18 Å². The Balaban J connectivity index is 2.05. The molecule has 6 heteroatoms. The zero-order valence-electron chi connectivity index (χ0n) is 15.2. The normalized spacial score (nSPS) is 11.3. The van der Waals surface area contributed by atoms with Crippen LogP contribution < -0.4 is 11.1 Å². The maximum atomic E-state index is 13.6. The van der Waals surface area contributed by atoms with Crippen molar-refractivity contribution in [2.45, 2.75) is 33.2 Å². The Labute approximate surface area is 152 Å². The Morgan fingerprint density at radius 2 is 2.04 bits per heavy atom. The summed E-state index contributed by atoms with van der Waals surface area (Å²) in [6.07, 6.45) is 0.288. The molecule has 0 spiro atoms. The van der Waals surface area contributed by atoms with Crippen molar-refractivity contribution in [1.29, 1.82) is 0 Å². The third-order valence-electron chi connectivity index (χ3n) is 4.30. The second kappa shape index (κ2) is 7.25. The Kier molecular flexibility index (Phi) is 5.04. The monoisotopic (exact) mass is 354 g/mol. The van der Waals surface area contributed by atoms with Crippen LogP contribution >= 0.6 is 0 Å². The molecule has 5 nitrogen and oxygen atoms in total. The van der Waals surface area contributed by atoms with Crippen molar-refractivity contribution < 1.29 is 9.18 Å². The van der Waals surface area contributed by atoms with E-state index < -0.39 is 0 Å². The van der Waals surface area contributed by atoms with E-state index in [1.165, 1.54) is 12.1 Å². The number of nitrogens with zero attached hydrogens (tertiary/aromatic N) is 2. The van der Waals surface area contributed by atoms with Crippen LogP contribution in [0.15, 0.2) is 36.4 Å². The maximum absolute atomic E-state index is 13.6. The van der Waals surface area contributed by atoms with Gasteiger partial charge in [-0.2, -0.15) is 0 Å². The number of hydrogen-bond donors (Lipinski definition) is 2. The first-order valence-electron chi connectivity index (χ1n) is 8.69. The summed E-state index contributed by atoms with van der Waals surface area (Å²) in [5, 5.41) is 2.87. The molecule has 0 aliphatic carbocycles. The van der Waals surface area contributed by atoms with Gasteiger partial charge in [0.1, 0.15) is 11.6 Å². The van der Waals surface area contributed by atoms with Gasteiger partial charge in [-0.3, -0.25) is 4.79 Å². The van der Waals surface area contributed by atoms with E-state index in [0.717, 1.165) is 28.2 Å². The molecule has 0 fully saturated rings. The zero-order valence-corrected chi connectivity index (χ0v) is 15.2. The van der Waals surface area contributed by atoms with Crippen LogP contribution in [0.2, 0.25) is 0 Å². The number of rotatable bonds is 5. The summed E-state index contributed by atoms with van der Waals surface area (Å²) in [5.41, 5.74) is 9.55. The number of benzene rings is 2. The van der Waals surface area contributed by atoms with Crippen LogP contribution in [-0.2, 0) is 4.79 Å².